The third kappa shape index (κ3) is 4.83. The van der Waals surface area contributed by atoms with Crippen LogP contribution in [0.15, 0.2) is 23.1 Å². The highest BCUT2D eigenvalue weighted by Crippen LogP contribution is 2.26. The molecule has 2 amide bonds. The van der Waals surface area contributed by atoms with Gasteiger partial charge in [-0.1, -0.05) is 30.7 Å². The molecule has 0 aromatic heterocycles. The van der Waals surface area contributed by atoms with Crippen molar-refractivity contribution in [2.24, 2.45) is 0 Å². The average molecular weight is 412 g/mol. The molecule has 7 nitrogen and oxygen atoms in total. The summed E-state index contributed by atoms with van der Waals surface area (Å²) in [7, 11) is -3.59. The smallest absolute Gasteiger partial charge is 0.282 e. The summed E-state index contributed by atoms with van der Waals surface area (Å²) in [4.78, 5) is 25.6. The topological polar surface area (TPSA) is 86.8 Å². The molecule has 3 rings (SSSR count). The Bertz CT molecular complexity index is 818. The van der Waals surface area contributed by atoms with Crippen LogP contribution in [0, 0.1) is 6.92 Å². The quantitative estimate of drug-likeness (QED) is 0.805. The molecule has 9 heteroatoms. The van der Waals surface area contributed by atoms with Gasteiger partial charge in [0.05, 0.1) is 4.90 Å². The summed E-state index contributed by atoms with van der Waals surface area (Å²) in [5.41, 5.74) is 1.08. The van der Waals surface area contributed by atoms with E-state index >= 15 is 0 Å². The number of nitrogens with zero attached hydrogens (tertiary/aromatic N) is 2. The van der Waals surface area contributed by atoms with Crippen LogP contribution in [0.5, 0.6) is 0 Å². The Kier molecular flexibility index (Phi) is 6.44. The summed E-state index contributed by atoms with van der Waals surface area (Å²) >= 11 is 1.20. The van der Waals surface area contributed by atoms with Crippen molar-refractivity contribution in [3.63, 3.8) is 0 Å². The van der Waals surface area contributed by atoms with Crippen molar-refractivity contribution in [1.29, 1.82) is 0 Å². The van der Waals surface area contributed by atoms with E-state index in [0.29, 0.717) is 36.6 Å². The standard InChI is InChI=1S/C18H25N3O4S2/c1-14-6-7-15(19-17(22)13-20-10-11-26-18(20)23)12-16(14)27(24,25)21-8-4-2-3-5-9-21/h6-7,12H,2-5,8-11,13H2,1H3,(H,19,22). The van der Waals surface area contributed by atoms with E-state index in [1.54, 1.807) is 23.4 Å². The van der Waals surface area contributed by atoms with Gasteiger partial charge in [0.15, 0.2) is 0 Å². The van der Waals surface area contributed by atoms with Crippen LogP contribution in [0.3, 0.4) is 0 Å². The van der Waals surface area contributed by atoms with Crippen LogP contribution in [0.1, 0.15) is 31.2 Å². The third-order valence-electron chi connectivity index (χ3n) is 4.83. The van der Waals surface area contributed by atoms with Crippen LogP contribution < -0.4 is 5.32 Å². The van der Waals surface area contributed by atoms with Crippen LogP contribution >= 0.6 is 11.8 Å². The number of nitrogens with one attached hydrogen (secondary N) is 1. The summed E-state index contributed by atoms with van der Waals surface area (Å²) < 4.78 is 27.7. The molecular formula is C18H25N3O4S2. The number of hydrogen-bond acceptors (Lipinski definition) is 5. The number of sulfonamides is 1. The van der Waals surface area contributed by atoms with Gasteiger partial charge in [0.25, 0.3) is 5.24 Å². The second kappa shape index (κ2) is 8.62. The Hall–Kier alpha value is -1.58. The SMILES string of the molecule is Cc1ccc(NC(=O)CN2CCSC2=O)cc1S(=O)(=O)N1CCCCCC1. The normalized spacial score (nSPS) is 19.1. The molecule has 2 saturated heterocycles. The second-order valence-electron chi connectivity index (χ2n) is 6.88. The number of anilines is 1. The van der Waals surface area contributed by atoms with E-state index in [9.17, 15) is 18.0 Å². The van der Waals surface area contributed by atoms with Gasteiger partial charge in [-0.3, -0.25) is 9.59 Å². The summed E-state index contributed by atoms with van der Waals surface area (Å²) in [6.07, 6.45) is 3.84. The first-order chi connectivity index (χ1) is 12.9. The van der Waals surface area contributed by atoms with Crippen molar-refractivity contribution in [3.8, 4) is 0 Å². The van der Waals surface area contributed by atoms with Gasteiger partial charge < -0.3 is 10.2 Å². The highest BCUT2D eigenvalue weighted by Gasteiger charge is 2.27. The van der Waals surface area contributed by atoms with Crippen molar-refractivity contribution >= 4 is 38.6 Å². The molecule has 0 bridgehead atoms. The molecule has 0 spiro atoms. The molecule has 0 atom stereocenters. The molecule has 0 radical (unpaired) electrons. The summed E-state index contributed by atoms with van der Waals surface area (Å²) in [6.45, 7) is 3.37. The van der Waals surface area contributed by atoms with Gasteiger partial charge in [-0.15, -0.1) is 0 Å². The summed E-state index contributed by atoms with van der Waals surface area (Å²) in [5.74, 6) is 0.363. The molecule has 2 aliphatic heterocycles. The summed E-state index contributed by atoms with van der Waals surface area (Å²) in [6, 6.07) is 4.92. The number of thioether (sulfide) groups is 1. The van der Waals surface area contributed by atoms with Gasteiger partial charge >= 0.3 is 0 Å². The van der Waals surface area contributed by atoms with Crippen molar-refractivity contribution < 1.29 is 18.0 Å². The lowest BCUT2D eigenvalue weighted by molar-refractivity contribution is -0.116. The minimum Gasteiger partial charge on any atom is -0.325 e. The van der Waals surface area contributed by atoms with Crippen LogP contribution in [0.4, 0.5) is 10.5 Å². The van der Waals surface area contributed by atoms with Gasteiger partial charge in [-0.2, -0.15) is 4.31 Å². The maximum atomic E-state index is 13.1. The molecule has 27 heavy (non-hydrogen) atoms. The van der Waals surface area contributed by atoms with Crippen LogP contribution in [0.2, 0.25) is 0 Å². The number of carbonyl (C=O) groups is 2. The fraction of sp³-hybridized carbons (Fsp3) is 0.556. The van der Waals surface area contributed by atoms with Gasteiger partial charge in [0.1, 0.15) is 6.54 Å². The van der Waals surface area contributed by atoms with E-state index in [2.05, 4.69) is 5.32 Å². The Labute approximate surface area is 164 Å². The highest BCUT2D eigenvalue weighted by molar-refractivity contribution is 8.13. The maximum absolute atomic E-state index is 13.1. The Balaban J connectivity index is 1.75. The van der Waals surface area contributed by atoms with Crippen molar-refractivity contribution in [2.45, 2.75) is 37.5 Å². The zero-order valence-electron chi connectivity index (χ0n) is 15.4. The molecule has 2 aliphatic rings. The zero-order valence-corrected chi connectivity index (χ0v) is 17.1. The minimum absolute atomic E-state index is 0.0199. The molecule has 1 aromatic rings. The minimum atomic E-state index is -3.59. The first kappa shape index (κ1) is 20.2. The van der Waals surface area contributed by atoms with Gasteiger partial charge in [-0.05, 0) is 37.5 Å². The lowest BCUT2D eigenvalue weighted by Crippen LogP contribution is -2.33. The summed E-state index contributed by atoms with van der Waals surface area (Å²) in [5, 5.41) is 2.62. The molecule has 0 saturated carbocycles. The molecular weight excluding hydrogens is 386 g/mol. The first-order valence-electron chi connectivity index (χ1n) is 9.20. The first-order valence-corrected chi connectivity index (χ1v) is 11.6. The van der Waals surface area contributed by atoms with Crippen LogP contribution in [-0.2, 0) is 14.8 Å². The van der Waals surface area contributed by atoms with Gasteiger partial charge in [-0.25, -0.2) is 8.42 Å². The molecule has 2 heterocycles. The molecule has 0 aliphatic carbocycles. The van der Waals surface area contributed by atoms with E-state index in [1.807, 2.05) is 0 Å². The van der Waals surface area contributed by atoms with E-state index < -0.39 is 10.0 Å². The second-order valence-corrected chi connectivity index (χ2v) is 9.84. The number of hydrogen-bond donors (Lipinski definition) is 1. The fourth-order valence-corrected chi connectivity index (χ4v) is 5.91. The Morgan fingerprint density at radius 2 is 1.85 bits per heavy atom. The highest BCUT2D eigenvalue weighted by atomic mass is 32.2. The fourth-order valence-electron chi connectivity index (χ4n) is 3.32. The number of carbonyl (C=O) groups excluding carboxylic acids is 2. The lowest BCUT2D eigenvalue weighted by atomic mass is 10.2. The zero-order chi connectivity index (χ0) is 19.4. The third-order valence-corrected chi connectivity index (χ3v) is 7.77. The molecule has 2 fully saturated rings. The van der Waals surface area contributed by atoms with Crippen LogP contribution in [0.25, 0.3) is 0 Å². The van der Waals surface area contributed by atoms with Crippen molar-refractivity contribution in [2.75, 3.05) is 37.2 Å². The Morgan fingerprint density at radius 1 is 1.15 bits per heavy atom. The number of rotatable bonds is 5. The van der Waals surface area contributed by atoms with Gasteiger partial charge in [0, 0.05) is 31.1 Å². The lowest BCUT2D eigenvalue weighted by Gasteiger charge is -2.21. The van der Waals surface area contributed by atoms with Crippen molar-refractivity contribution in [3.05, 3.63) is 23.8 Å². The molecule has 0 unspecified atom stereocenters. The molecule has 1 N–H and O–H groups in total. The van der Waals surface area contributed by atoms with E-state index in [4.69, 9.17) is 0 Å². The monoisotopic (exact) mass is 411 g/mol. The van der Waals surface area contributed by atoms with E-state index in [1.165, 1.54) is 22.7 Å². The predicted octanol–water partition coefficient (Wildman–Crippen LogP) is 2.67. The Morgan fingerprint density at radius 3 is 2.48 bits per heavy atom. The average Bonchev–Trinajstić information content (AvgIpc) is 2.87. The van der Waals surface area contributed by atoms with Gasteiger partial charge in [0.2, 0.25) is 15.9 Å². The van der Waals surface area contributed by atoms with Crippen LogP contribution in [-0.4, -0.2) is 60.7 Å². The van der Waals surface area contributed by atoms with E-state index in [-0.39, 0.29) is 22.6 Å². The largest absolute Gasteiger partial charge is 0.325 e. The molecule has 148 valence electrons. The number of aryl methyl sites for hydroxylation is 1. The van der Waals surface area contributed by atoms with Crippen molar-refractivity contribution in [1.82, 2.24) is 9.21 Å². The number of amides is 2. The maximum Gasteiger partial charge on any atom is 0.282 e. The predicted molar refractivity (Wildman–Crippen MR) is 106 cm³/mol. The number of benzene rings is 1. The van der Waals surface area contributed by atoms with E-state index in [0.717, 1.165) is 25.7 Å². The molecule has 1 aromatic carbocycles.